The largest absolute Gasteiger partial charge is 0.257 e. The SMILES string of the molecule is ClB(C1CC2CCC1C2)C1CC2CCC1C2. The van der Waals surface area contributed by atoms with Gasteiger partial charge >= 0.3 is 0 Å². The van der Waals surface area contributed by atoms with Gasteiger partial charge in [-0.25, -0.2) is 0 Å². The molecule has 0 nitrogen and oxygen atoms in total. The van der Waals surface area contributed by atoms with Crippen LogP contribution in [0.25, 0.3) is 0 Å². The van der Waals surface area contributed by atoms with Gasteiger partial charge in [0.2, 0.25) is 0 Å². The van der Waals surface area contributed by atoms with E-state index in [1.54, 1.807) is 0 Å². The van der Waals surface area contributed by atoms with Crippen molar-refractivity contribution < 1.29 is 0 Å². The summed E-state index contributed by atoms with van der Waals surface area (Å²) in [6.45, 7) is 0. The van der Waals surface area contributed by atoms with Crippen LogP contribution in [0.4, 0.5) is 0 Å². The predicted octanol–water partition coefficient (Wildman–Crippen LogP) is 4.60. The lowest BCUT2D eigenvalue weighted by Gasteiger charge is -2.32. The van der Waals surface area contributed by atoms with Crippen LogP contribution in [-0.4, -0.2) is 6.13 Å². The van der Waals surface area contributed by atoms with E-state index in [0.717, 1.165) is 35.3 Å². The maximum absolute atomic E-state index is 6.88. The van der Waals surface area contributed by atoms with Crippen LogP contribution in [0.3, 0.4) is 0 Å². The maximum Gasteiger partial charge on any atom is 0.257 e. The molecule has 0 aliphatic heterocycles. The van der Waals surface area contributed by atoms with E-state index in [1.165, 1.54) is 51.4 Å². The zero-order valence-corrected chi connectivity index (χ0v) is 10.8. The van der Waals surface area contributed by atoms with Crippen LogP contribution >= 0.6 is 11.5 Å². The summed E-state index contributed by atoms with van der Waals surface area (Å²) in [6, 6.07) is 0. The molecule has 88 valence electrons. The molecular formula is C14H22BCl. The average molecular weight is 237 g/mol. The third kappa shape index (κ3) is 1.43. The van der Waals surface area contributed by atoms with Crippen LogP contribution < -0.4 is 0 Å². The van der Waals surface area contributed by atoms with Crippen LogP contribution in [0.15, 0.2) is 0 Å². The van der Waals surface area contributed by atoms with Crippen molar-refractivity contribution in [2.45, 2.75) is 63.0 Å². The molecule has 0 radical (unpaired) electrons. The van der Waals surface area contributed by atoms with E-state index in [0.29, 0.717) is 6.13 Å². The minimum absolute atomic E-state index is 0.547. The Morgan fingerprint density at radius 2 is 1.19 bits per heavy atom. The van der Waals surface area contributed by atoms with Crippen molar-refractivity contribution in [2.75, 3.05) is 0 Å². The van der Waals surface area contributed by atoms with Crippen molar-refractivity contribution in [2.24, 2.45) is 23.7 Å². The Morgan fingerprint density at radius 1 is 0.688 bits per heavy atom. The average Bonchev–Trinajstić information content (AvgIpc) is 3.06. The highest BCUT2D eigenvalue weighted by atomic mass is 35.5. The molecule has 0 amide bonds. The standard InChI is InChI=1S/C14H22BCl/c16-15(13-7-9-1-3-11(13)5-9)14-8-10-2-4-12(14)6-10/h9-14H,1-8H2. The number of rotatable bonds is 2. The molecule has 0 N–H and O–H groups in total. The molecular weight excluding hydrogens is 214 g/mol. The highest BCUT2D eigenvalue weighted by molar-refractivity contribution is 7.08. The van der Waals surface area contributed by atoms with E-state index in [9.17, 15) is 0 Å². The first-order valence-electron chi connectivity index (χ1n) is 7.45. The molecule has 2 heteroatoms. The van der Waals surface area contributed by atoms with Gasteiger partial charge in [0, 0.05) is 0 Å². The highest BCUT2D eigenvalue weighted by Gasteiger charge is 2.51. The lowest BCUT2D eigenvalue weighted by molar-refractivity contribution is 0.443. The first-order valence-corrected chi connectivity index (χ1v) is 7.89. The topological polar surface area (TPSA) is 0 Å². The highest BCUT2D eigenvalue weighted by Crippen LogP contribution is 2.60. The van der Waals surface area contributed by atoms with Gasteiger partial charge in [-0.05, 0) is 48.1 Å². The summed E-state index contributed by atoms with van der Waals surface area (Å²) in [7, 11) is 0. The Morgan fingerprint density at radius 3 is 1.50 bits per heavy atom. The molecule has 0 saturated heterocycles. The molecule has 0 aromatic carbocycles. The van der Waals surface area contributed by atoms with Gasteiger partial charge in [-0.3, -0.25) is 0 Å². The van der Waals surface area contributed by atoms with Crippen LogP contribution in [0, 0.1) is 23.7 Å². The summed E-state index contributed by atoms with van der Waals surface area (Å²) in [5.74, 6) is 5.98. The van der Waals surface area contributed by atoms with E-state index in [2.05, 4.69) is 0 Å². The fraction of sp³-hybridized carbons (Fsp3) is 1.00. The normalized spacial score (nSPS) is 53.8. The summed E-state index contributed by atoms with van der Waals surface area (Å²) in [6.07, 6.45) is 12.6. The third-order valence-electron chi connectivity index (χ3n) is 6.40. The molecule has 0 aromatic heterocycles. The Balaban J connectivity index is 1.48. The van der Waals surface area contributed by atoms with E-state index >= 15 is 0 Å². The van der Waals surface area contributed by atoms with Gasteiger partial charge in [0.1, 0.15) is 0 Å². The van der Waals surface area contributed by atoms with E-state index < -0.39 is 0 Å². The van der Waals surface area contributed by atoms with Crippen molar-refractivity contribution in [1.29, 1.82) is 0 Å². The molecule has 4 aliphatic rings. The number of halogens is 1. The number of fused-ring (bicyclic) bond motifs is 4. The quantitative estimate of drug-likeness (QED) is 0.615. The van der Waals surface area contributed by atoms with Gasteiger partial charge in [0.15, 0.2) is 0 Å². The summed E-state index contributed by atoms with van der Waals surface area (Å²) in [4.78, 5) is 0. The molecule has 4 rings (SSSR count). The second kappa shape index (κ2) is 3.67. The molecule has 0 spiro atoms. The molecule has 16 heavy (non-hydrogen) atoms. The number of hydrogen-bond acceptors (Lipinski definition) is 0. The van der Waals surface area contributed by atoms with Crippen molar-refractivity contribution in [1.82, 2.24) is 0 Å². The van der Waals surface area contributed by atoms with Gasteiger partial charge in [0.25, 0.3) is 6.13 Å². The monoisotopic (exact) mass is 236 g/mol. The van der Waals surface area contributed by atoms with E-state index in [-0.39, 0.29) is 0 Å². The fourth-order valence-electron chi connectivity index (χ4n) is 5.69. The van der Waals surface area contributed by atoms with Gasteiger partial charge in [-0.15, -0.1) is 0 Å². The summed E-state index contributed by atoms with van der Waals surface area (Å²) in [5.41, 5.74) is 0. The van der Waals surface area contributed by atoms with Gasteiger partial charge in [0.05, 0.1) is 0 Å². The summed E-state index contributed by atoms with van der Waals surface area (Å²) >= 11 is 6.88. The summed E-state index contributed by atoms with van der Waals surface area (Å²) in [5, 5.41) is 0. The van der Waals surface area contributed by atoms with Crippen molar-refractivity contribution >= 4 is 17.6 Å². The second-order valence-corrected chi connectivity index (χ2v) is 7.63. The first kappa shape index (κ1) is 10.3. The van der Waals surface area contributed by atoms with E-state index in [1.807, 2.05) is 0 Å². The summed E-state index contributed by atoms with van der Waals surface area (Å²) < 4.78 is 0. The Bertz CT molecular complexity index is 264. The zero-order valence-electron chi connectivity index (χ0n) is 10.1. The van der Waals surface area contributed by atoms with Crippen molar-refractivity contribution in [3.8, 4) is 0 Å². The van der Waals surface area contributed by atoms with Gasteiger partial charge in [-0.1, -0.05) is 38.5 Å². The van der Waals surface area contributed by atoms with Crippen LogP contribution in [0.2, 0.25) is 11.6 Å². The Hall–Kier alpha value is 0.355. The van der Waals surface area contributed by atoms with Crippen LogP contribution in [0.1, 0.15) is 51.4 Å². The molecule has 6 atom stereocenters. The molecule has 0 heterocycles. The van der Waals surface area contributed by atoms with Crippen LogP contribution in [0.5, 0.6) is 0 Å². The zero-order chi connectivity index (χ0) is 10.7. The Kier molecular flexibility index (Phi) is 2.36. The third-order valence-corrected chi connectivity index (χ3v) is 7.05. The molecule has 4 aliphatic carbocycles. The van der Waals surface area contributed by atoms with Crippen LogP contribution in [-0.2, 0) is 0 Å². The molecule has 4 bridgehead atoms. The lowest BCUT2D eigenvalue weighted by Crippen LogP contribution is -2.28. The smallest absolute Gasteiger partial charge is 0.195 e. The van der Waals surface area contributed by atoms with E-state index in [4.69, 9.17) is 11.5 Å². The second-order valence-electron chi connectivity index (χ2n) is 7.12. The minimum atomic E-state index is 0.547. The number of hydrogen-bond donors (Lipinski definition) is 0. The fourth-order valence-corrected chi connectivity index (χ4v) is 6.30. The molecule has 4 fully saturated rings. The predicted molar refractivity (Wildman–Crippen MR) is 70.0 cm³/mol. The first-order chi connectivity index (χ1) is 7.81. The Labute approximate surface area is 105 Å². The minimum Gasteiger partial charge on any atom is -0.195 e. The van der Waals surface area contributed by atoms with Gasteiger partial charge in [-0.2, -0.15) is 11.5 Å². The molecule has 0 aromatic rings. The van der Waals surface area contributed by atoms with Gasteiger partial charge < -0.3 is 0 Å². The molecule has 4 saturated carbocycles. The van der Waals surface area contributed by atoms with Crippen molar-refractivity contribution in [3.05, 3.63) is 0 Å². The molecule has 6 unspecified atom stereocenters. The van der Waals surface area contributed by atoms with Crippen molar-refractivity contribution in [3.63, 3.8) is 0 Å². The lowest BCUT2D eigenvalue weighted by atomic mass is 9.46. The maximum atomic E-state index is 6.88.